The van der Waals surface area contributed by atoms with Crippen LogP contribution in [0.15, 0.2) is 29.3 Å². The first-order chi connectivity index (χ1) is 19.0. The van der Waals surface area contributed by atoms with E-state index in [1.807, 2.05) is 0 Å². The number of carboxylic acid groups (broad SMARTS) is 1. The Bertz CT molecular complexity index is 1070. The fraction of sp³-hybridized carbons (Fsp3) is 0.520. The van der Waals surface area contributed by atoms with E-state index < -0.39 is 47.9 Å². The van der Waals surface area contributed by atoms with E-state index >= 15 is 0 Å². The smallest absolute Gasteiger partial charge is 0.326 e. The third-order valence-electron chi connectivity index (χ3n) is 6.26. The van der Waals surface area contributed by atoms with Crippen LogP contribution in [0.4, 0.5) is 0 Å². The number of primary amides is 1. The first kappa shape index (κ1) is 31.8. The Labute approximate surface area is 231 Å². The number of nitrogens with one attached hydrogen (secondary N) is 4. The number of aromatic hydroxyl groups is 1. The van der Waals surface area contributed by atoms with Gasteiger partial charge in [-0.05, 0) is 56.3 Å². The van der Waals surface area contributed by atoms with Gasteiger partial charge in [0.25, 0.3) is 0 Å². The van der Waals surface area contributed by atoms with E-state index in [-0.39, 0.29) is 56.3 Å². The van der Waals surface area contributed by atoms with Gasteiger partial charge in [0.05, 0.1) is 6.04 Å². The van der Waals surface area contributed by atoms with Gasteiger partial charge in [0.2, 0.25) is 23.6 Å². The zero-order valence-corrected chi connectivity index (χ0v) is 22.1. The highest BCUT2D eigenvalue weighted by molar-refractivity contribution is 5.94. The summed E-state index contributed by atoms with van der Waals surface area (Å²) in [6.07, 6.45) is 1.27. The summed E-state index contributed by atoms with van der Waals surface area (Å²) in [6, 6.07) is 1.92. The number of carbonyl (C=O) groups is 5. The first-order valence-electron chi connectivity index (χ1n) is 12.9. The molecule has 0 aliphatic carbocycles. The summed E-state index contributed by atoms with van der Waals surface area (Å²) in [4.78, 5) is 66.0. The van der Waals surface area contributed by atoms with Crippen molar-refractivity contribution >= 4 is 35.6 Å². The molecule has 4 atom stereocenters. The van der Waals surface area contributed by atoms with Crippen molar-refractivity contribution in [1.82, 2.24) is 21.3 Å². The molecule has 1 fully saturated rings. The fourth-order valence-electron chi connectivity index (χ4n) is 4.12. The Morgan fingerprint density at radius 2 is 1.60 bits per heavy atom. The number of hydrogen-bond acceptors (Lipinski definition) is 8. The number of guanidine groups is 1. The minimum Gasteiger partial charge on any atom is -0.508 e. The number of aliphatic carboxylic acids is 1. The molecule has 1 aromatic carbocycles. The van der Waals surface area contributed by atoms with Crippen molar-refractivity contribution < 1.29 is 34.2 Å². The van der Waals surface area contributed by atoms with Gasteiger partial charge in [-0.25, -0.2) is 4.79 Å². The van der Waals surface area contributed by atoms with Crippen LogP contribution >= 0.6 is 0 Å². The Balaban J connectivity index is 2.22. The first-order valence-corrected chi connectivity index (χ1v) is 12.9. The second kappa shape index (κ2) is 15.9. The lowest BCUT2D eigenvalue weighted by Crippen LogP contribution is -2.57. The molecular weight excluding hydrogens is 524 g/mol. The van der Waals surface area contributed by atoms with E-state index in [9.17, 15) is 34.2 Å². The molecule has 12 N–H and O–H groups in total. The molecule has 0 saturated carbocycles. The van der Waals surface area contributed by atoms with E-state index in [1.54, 1.807) is 12.1 Å². The maximum atomic E-state index is 13.4. The van der Waals surface area contributed by atoms with Crippen molar-refractivity contribution in [2.24, 2.45) is 22.2 Å². The van der Waals surface area contributed by atoms with Gasteiger partial charge >= 0.3 is 5.97 Å². The summed E-state index contributed by atoms with van der Waals surface area (Å²) in [6.45, 7) is 0.818. The highest BCUT2D eigenvalue weighted by Gasteiger charge is 2.31. The highest BCUT2D eigenvalue weighted by atomic mass is 16.4. The van der Waals surface area contributed by atoms with Gasteiger partial charge in [-0.1, -0.05) is 12.1 Å². The Morgan fingerprint density at radius 3 is 2.17 bits per heavy atom. The number of amides is 4. The van der Waals surface area contributed by atoms with Crippen LogP contribution in [0.3, 0.4) is 0 Å². The molecule has 0 radical (unpaired) electrons. The topological polar surface area (TPSA) is 264 Å². The van der Waals surface area contributed by atoms with Crippen molar-refractivity contribution in [3.8, 4) is 5.75 Å². The molecule has 0 bridgehead atoms. The Morgan fingerprint density at radius 1 is 0.950 bits per heavy atom. The van der Waals surface area contributed by atoms with Crippen LogP contribution in [-0.2, 0) is 30.4 Å². The number of carboxylic acids is 1. The van der Waals surface area contributed by atoms with Crippen molar-refractivity contribution in [2.45, 2.75) is 69.1 Å². The summed E-state index contributed by atoms with van der Waals surface area (Å²) in [5, 5.41) is 29.8. The lowest BCUT2D eigenvalue weighted by atomic mass is 10.0. The zero-order valence-electron chi connectivity index (χ0n) is 22.1. The van der Waals surface area contributed by atoms with Gasteiger partial charge in [0.15, 0.2) is 5.96 Å². The molecule has 40 heavy (non-hydrogen) atoms. The molecule has 220 valence electrons. The Kier molecular flexibility index (Phi) is 12.6. The van der Waals surface area contributed by atoms with E-state index in [1.165, 1.54) is 12.1 Å². The largest absolute Gasteiger partial charge is 0.508 e. The minimum absolute atomic E-state index is 0.0331. The number of nitrogens with two attached hydrogens (primary N) is 3. The van der Waals surface area contributed by atoms with Crippen molar-refractivity contribution in [3.63, 3.8) is 0 Å². The van der Waals surface area contributed by atoms with Crippen molar-refractivity contribution in [1.29, 1.82) is 0 Å². The average Bonchev–Trinajstić information content (AvgIpc) is 3.43. The molecule has 0 aromatic heterocycles. The van der Waals surface area contributed by atoms with E-state index in [4.69, 9.17) is 17.2 Å². The number of phenols is 1. The second-order valence-corrected chi connectivity index (χ2v) is 9.50. The number of phenolic OH excluding ortho intramolecular Hbond substituents is 1. The molecule has 15 nitrogen and oxygen atoms in total. The lowest BCUT2D eigenvalue weighted by Gasteiger charge is -2.25. The van der Waals surface area contributed by atoms with E-state index in [0.29, 0.717) is 18.5 Å². The quantitative estimate of drug-likeness (QED) is 0.0583. The predicted octanol–water partition coefficient (Wildman–Crippen LogP) is -2.46. The number of aliphatic imine (C=N–C) groups is 1. The maximum absolute atomic E-state index is 13.4. The third-order valence-corrected chi connectivity index (χ3v) is 6.26. The standard InChI is InChI=1S/C25H38N8O7/c26-20(35)10-9-18(24(39)40)32-22(37)17(4-2-12-30-25(27)28)31-23(38)19(13-14-5-7-15(34)8-6-14)33-21(36)16-3-1-11-29-16/h5-8,16-19,29,34H,1-4,9-13H2,(H2,26,35)(H,31,38)(H,32,37)(H,33,36)(H,39,40)(H4,27,28,30). The maximum Gasteiger partial charge on any atom is 0.326 e. The van der Waals surface area contributed by atoms with Crippen molar-refractivity contribution in [3.05, 3.63) is 29.8 Å². The predicted molar refractivity (Wildman–Crippen MR) is 145 cm³/mol. The summed E-state index contributed by atoms with van der Waals surface area (Å²) in [7, 11) is 0. The summed E-state index contributed by atoms with van der Waals surface area (Å²) in [5.74, 6) is -4.07. The summed E-state index contributed by atoms with van der Waals surface area (Å²) in [5.41, 5.74) is 16.4. The second-order valence-electron chi connectivity index (χ2n) is 9.50. The summed E-state index contributed by atoms with van der Waals surface area (Å²) >= 11 is 0. The molecule has 15 heteroatoms. The van der Waals surface area contributed by atoms with Crippen LogP contribution < -0.4 is 38.5 Å². The molecule has 1 saturated heterocycles. The van der Waals surface area contributed by atoms with Gasteiger partial charge < -0.3 is 48.7 Å². The fourth-order valence-corrected chi connectivity index (χ4v) is 4.12. The van der Waals surface area contributed by atoms with Crippen LogP contribution in [0.25, 0.3) is 0 Å². The van der Waals surface area contributed by atoms with Crippen LogP contribution in [0, 0.1) is 0 Å². The molecule has 0 spiro atoms. The van der Waals surface area contributed by atoms with Crippen LogP contribution in [-0.4, -0.2) is 83.0 Å². The highest BCUT2D eigenvalue weighted by Crippen LogP contribution is 2.13. The minimum atomic E-state index is -1.42. The van der Waals surface area contributed by atoms with Crippen molar-refractivity contribution in [2.75, 3.05) is 13.1 Å². The number of carbonyl (C=O) groups excluding carboxylic acids is 4. The number of hydrogen-bond donors (Lipinski definition) is 9. The number of benzene rings is 1. The Hall–Kier alpha value is -4.40. The third kappa shape index (κ3) is 11.1. The van der Waals surface area contributed by atoms with Gasteiger partial charge in [-0.2, -0.15) is 0 Å². The van der Waals surface area contributed by atoms with E-state index in [0.717, 1.165) is 6.42 Å². The molecule has 4 unspecified atom stereocenters. The number of nitrogens with zero attached hydrogens (tertiary/aromatic N) is 1. The van der Waals surface area contributed by atoms with Crippen LogP contribution in [0.5, 0.6) is 5.75 Å². The lowest BCUT2D eigenvalue weighted by molar-refractivity contribution is -0.142. The van der Waals surface area contributed by atoms with E-state index in [2.05, 4.69) is 26.3 Å². The molecular formula is C25H38N8O7. The van der Waals surface area contributed by atoms with Gasteiger partial charge in [0, 0.05) is 19.4 Å². The molecule has 1 aromatic rings. The SMILES string of the molecule is NC(=O)CCC(NC(=O)C(CCCN=C(N)N)NC(=O)C(Cc1ccc(O)cc1)NC(=O)C1CCCN1)C(=O)O. The van der Waals surface area contributed by atoms with Gasteiger partial charge in [-0.3, -0.25) is 24.2 Å². The normalized spacial score (nSPS) is 16.6. The zero-order chi connectivity index (χ0) is 29.7. The molecule has 1 heterocycles. The molecule has 1 aliphatic heterocycles. The van der Waals surface area contributed by atoms with Gasteiger partial charge in [0.1, 0.15) is 23.9 Å². The molecule has 4 amide bonds. The van der Waals surface area contributed by atoms with Crippen LogP contribution in [0.1, 0.15) is 44.1 Å². The molecule has 1 aliphatic rings. The van der Waals surface area contributed by atoms with Gasteiger partial charge in [-0.15, -0.1) is 0 Å². The number of rotatable bonds is 16. The molecule has 2 rings (SSSR count). The summed E-state index contributed by atoms with van der Waals surface area (Å²) < 4.78 is 0. The van der Waals surface area contributed by atoms with Crippen LogP contribution in [0.2, 0.25) is 0 Å². The average molecular weight is 563 g/mol. The monoisotopic (exact) mass is 562 g/mol.